The van der Waals surface area contributed by atoms with Crippen LogP contribution < -0.4 is 5.32 Å². The maximum atomic E-state index is 12.5. The van der Waals surface area contributed by atoms with Crippen LogP contribution in [-0.4, -0.2) is 37.9 Å². The van der Waals surface area contributed by atoms with E-state index in [1.165, 1.54) is 0 Å². The maximum Gasteiger partial charge on any atom is 0.243 e. The maximum absolute atomic E-state index is 12.5. The van der Waals surface area contributed by atoms with Gasteiger partial charge in [-0.1, -0.05) is 11.6 Å². The lowest BCUT2D eigenvalue weighted by Gasteiger charge is -2.36. The van der Waals surface area contributed by atoms with Crippen molar-refractivity contribution in [2.24, 2.45) is 0 Å². The summed E-state index contributed by atoms with van der Waals surface area (Å²) in [6.07, 6.45) is 0. The van der Waals surface area contributed by atoms with Crippen LogP contribution >= 0.6 is 11.6 Å². The molecule has 0 radical (unpaired) electrons. The molecule has 18 heavy (non-hydrogen) atoms. The van der Waals surface area contributed by atoms with E-state index in [4.69, 9.17) is 11.6 Å². The summed E-state index contributed by atoms with van der Waals surface area (Å²) in [5.74, 6) is 0. The summed E-state index contributed by atoms with van der Waals surface area (Å²) in [7, 11) is -3.43. The molecule has 1 N–H and O–H groups in total. The molecule has 6 heteroatoms. The van der Waals surface area contributed by atoms with Gasteiger partial charge in [-0.25, -0.2) is 8.42 Å². The zero-order valence-corrected chi connectivity index (χ0v) is 12.0. The number of sulfonamides is 1. The second-order valence-corrected chi connectivity index (χ2v) is 7.01. The molecule has 0 aliphatic carbocycles. The first kappa shape index (κ1) is 13.8. The molecule has 1 aliphatic rings. The molecule has 1 aromatic rings. The number of hydrogen-bond donors (Lipinski definition) is 1. The lowest BCUT2D eigenvalue weighted by molar-refractivity contribution is 0.244. The minimum Gasteiger partial charge on any atom is -0.311 e. The van der Waals surface area contributed by atoms with Crippen molar-refractivity contribution in [1.82, 2.24) is 9.62 Å². The number of rotatable bonds is 2. The first-order valence-corrected chi connectivity index (χ1v) is 7.74. The van der Waals surface area contributed by atoms with Gasteiger partial charge in [0.2, 0.25) is 10.0 Å². The molecule has 0 saturated carbocycles. The Morgan fingerprint density at radius 1 is 1.28 bits per heavy atom. The molecule has 4 nitrogen and oxygen atoms in total. The third-order valence-electron chi connectivity index (χ3n) is 3.13. The number of nitrogens with zero attached hydrogens (tertiary/aromatic N) is 1. The average molecular weight is 289 g/mol. The van der Waals surface area contributed by atoms with Crippen molar-refractivity contribution >= 4 is 21.6 Å². The predicted molar refractivity (Wildman–Crippen MR) is 72.3 cm³/mol. The van der Waals surface area contributed by atoms with Crippen molar-refractivity contribution in [3.05, 3.63) is 29.3 Å². The zero-order chi connectivity index (χ0) is 13.3. The van der Waals surface area contributed by atoms with Gasteiger partial charge < -0.3 is 5.32 Å². The van der Waals surface area contributed by atoms with Crippen LogP contribution in [0.5, 0.6) is 0 Å². The predicted octanol–water partition coefficient (Wildman–Crippen LogP) is 1.71. The molecule has 2 rings (SSSR count). The van der Waals surface area contributed by atoms with Crippen LogP contribution in [0.3, 0.4) is 0 Å². The fraction of sp³-hybridized carbons (Fsp3) is 0.500. The van der Waals surface area contributed by atoms with Crippen LogP contribution in [0, 0.1) is 0 Å². The highest BCUT2D eigenvalue weighted by Gasteiger charge is 2.33. The first-order chi connectivity index (χ1) is 8.41. The molecule has 0 bridgehead atoms. The van der Waals surface area contributed by atoms with Crippen LogP contribution in [0.1, 0.15) is 13.8 Å². The molecule has 1 heterocycles. The highest BCUT2D eigenvalue weighted by atomic mass is 35.5. The highest BCUT2D eigenvalue weighted by molar-refractivity contribution is 7.89. The van der Waals surface area contributed by atoms with Crippen molar-refractivity contribution in [2.75, 3.05) is 13.1 Å². The number of halogens is 1. The first-order valence-electron chi connectivity index (χ1n) is 5.92. The fourth-order valence-corrected chi connectivity index (χ4v) is 3.91. The Balaban J connectivity index is 2.32. The van der Waals surface area contributed by atoms with E-state index in [-0.39, 0.29) is 12.1 Å². The third kappa shape index (κ3) is 2.69. The van der Waals surface area contributed by atoms with Gasteiger partial charge >= 0.3 is 0 Å². The molecular formula is C12H17ClN2O2S. The Hall–Kier alpha value is -0.620. The van der Waals surface area contributed by atoms with Crippen molar-refractivity contribution in [2.45, 2.75) is 30.8 Å². The smallest absolute Gasteiger partial charge is 0.243 e. The van der Waals surface area contributed by atoms with Crippen LogP contribution in [-0.2, 0) is 10.0 Å². The molecule has 1 saturated heterocycles. The number of benzene rings is 1. The standard InChI is InChI=1S/C12H17ClN2O2S/c1-9-8-15(10(2)7-14-9)18(16,17)12-5-3-11(13)4-6-12/h3-6,9-10,14H,7-8H2,1-2H3. The van der Waals surface area contributed by atoms with Gasteiger partial charge in [0.05, 0.1) is 4.90 Å². The quantitative estimate of drug-likeness (QED) is 0.901. The van der Waals surface area contributed by atoms with Crippen molar-refractivity contribution in [3.63, 3.8) is 0 Å². The van der Waals surface area contributed by atoms with E-state index < -0.39 is 10.0 Å². The van der Waals surface area contributed by atoms with Gasteiger partial charge in [0.15, 0.2) is 0 Å². The third-order valence-corrected chi connectivity index (χ3v) is 5.37. The summed E-state index contributed by atoms with van der Waals surface area (Å²) in [4.78, 5) is 0.299. The SMILES string of the molecule is CC1CN(S(=O)(=O)c2ccc(Cl)cc2)C(C)CN1. The zero-order valence-electron chi connectivity index (χ0n) is 10.4. The van der Waals surface area contributed by atoms with Crippen LogP contribution in [0.2, 0.25) is 5.02 Å². The highest BCUT2D eigenvalue weighted by Crippen LogP contribution is 2.22. The van der Waals surface area contributed by atoms with Gasteiger partial charge in [0.25, 0.3) is 0 Å². The normalized spacial score (nSPS) is 26.2. The van der Waals surface area contributed by atoms with Gasteiger partial charge in [-0.2, -0.15) is 4.31 Å². The Kier molecular flexibility index (Phi) is 3.96. The largest absolute Gasteiger partial charge is 0.311 e. The lowest BCUT2D eigenvalue weighted by atomic mass is 10.2. The van der Waals surface area contributed by atoms with Crippen molar-refractivity contribution in [3.8, 4) is 0 Å². The molecule has 2 unspecified atom stereocenters. The van der Waals surface area contributed by atoms with Gasteiger partial charge in [-0.15, -0.1) is 0 Å². The minimum atomic E-state index is -3.43. The van der Waals surface area contributed by atoms with E-state index in [1.54, 1.807) is 28.6 Å². The van der Waals surface area contributed by atoms with Gasteiger partial charge in [0.1, 0.15) is 0 Å². The molecule has 0 spiro atoms. The Labute approximate surface area is 113 Å². The Morgan fingerprint density at radius 3 is 2.50 bits per heavy atom. The second-order valence-electron chi connectivity index (χ2n) is 4.69. The summed E-state index contributed by atoms with van der Waals surface area (Å²) in [5, 5.41) is 3.80. The topological polar surface area (TPSA) is 49.4 Å². The van der Waals surface area contributed by atoms with E-state index >= 15 is 0 Å². The van der Waals surface area contributed by atoms with Crippen molar-refractivity contribution < 1.29 is 8.42 Å². The summed E-state index contributed by atoms with van der Waals surface area (Å²) in [5.41, 5.74) is 0. The molecule has 2 atom stereocenters. The molecular weight excluding hydrogens is 272 g/mol. The average Bonchev–Trinajstić information content (AvgIpc) is 2.32. The van der Waals surface area contributed by atoms with E-state index in [0.29, 0.717) is 23.0 Å². The van der Waals surface area contributed by atoms with Crippen LogP contribution in [0.4, 0.5) is 0 Å². The molecule has 0 aromatic heterocycles. The molecule has 100 valence electrons. The Bertz CT molecular complexity index is 515. The Morgan fingerprint density at radius 2 is 1.89 bits per heavy atom. The summed E-state index contributed by atoms with van der Waals surface area (Å²) < 4.78 is 26.6. The summed E-state index contributed by atoms with van der Waals surface area (Å²) >= 11 is 5.78. The van der Waals surface area contributed by atoms with Gasteiger partial charge in [0, 0.05) is 30.2 Å². The van der Waals surface area contributed by atoms with E-state index in [9.17, 15) is 8.42 Å². The van der Waals surface area contributed by atoms with E-state index in [1.807, 2.05) is 13.8 Å². The number of nitrogens with one attached hydrogen (secondary N) is 1. The van der Waals surface area contributed by atoms with Crippen LogP contribution in [0.15, 0.2) is 29.2 Å². The minimum absolute atomic E-state index is 0.0399. The monoisotopic (exact) mass is 288 g/mol. The van der Waals surface area contributed by atoms with Crippen LogP contribution in [0.25, 0.3) is 0 Å². The molecule has 1 fully saturated rings. The fourth-order valence-electron chi connectivity index (χ4n) is 2.06. The lowest BCUT2D eigenvalue weighted by Crippen LogP contribution is -2.56. The second kappa shape index (κ2) is 5.17. The van der Waals surface area contributed by atoms with E-state index in [0.717, 1.165) is 0 Å². The number of hydrogen-bond acceptors (Lipinski definition) is 3. The van der Waals surface area contributed by atoms with E-state index in [2.05, 4.69) is 5.32 Å². The molecule has 1 aromatic carbocycles. The number of piperazine rings is 1. The van der Waals surface area contributed by atoms with Gasteiger partial charge in [-0.3, -0.25) is 0 Å². The van der Waals surface area contributed by atoms with Gasteiger partial charge in [-0.05, 0) is 38.1 Å². The molecule has 0 amide bonds. The summed E-state index contributed by atoms with van der Waals surface area (Å²) in [6.45, 7) is 5.06. The molecule has 1 aliphatic heterocycles. The van der Waals surface area contributed by atoms with Crippen molar-refractivity contribution in [1.29, 1.82) is 0 Å². The summed E-state index contributed by atoms with van der Waals surface area (Å²) in [6, 6.07) is 6.44.